The highest BCUT2D eigenvalue weighted by molar-refractivity contribution is 7.96. The highest BCUT2D eigenvalue weighted by Gasteiger charge is 2.44. The Labute approximate surface area is 157 Å². The fourth-order valence-electron chi connectivity index (χ4n) is 3.86. The molecule has 1 N–H and O–H groups in total. The van der Waals surface area contributed by atoms with Crippen LogP contribution in [0.25, 0.3) is 11.0 Å². The summed E-state index contributed by atoms with van der Waals surface area (Å²) in [7, 11) is 0. The minimum absolute atomic E-state index is 0.115. The Kier molecular flexibility index (Phi) is 4.32. The number of amides is 1. The summed E-state index contributed by atoms with van der Waals surface area (Å²) in [6, 6.07) is 20.4. The summed E-state index contributed by atoms with van der Waals surface area (Å²) in [6.45, 7) is 2.27. The summed E-state index contributed by atoms with van der Waals surface area (Å²) < 4.78 is 5.99. The van der Waals surface area contributed by atoms with Crippen LogP contribution in [0.15, 0.2) is 70.2 Å². The molecule has 5 heteroatoms. The zero-order chi connectivity index (χ0) is 18.1. The first-order valence-corrected chi connectivity index (χ1v) is 9.11. The summed E-state index contributed by atoms with van der Waals surface area (Å²) in [5.74, 6) is 0.925. The van der Waals surface area contributed by atoms with Crippen LogP contribution in [-0.4, -0.2) is 11.0 Å². The second-order valence-electron chi connectivity index (χ2n) is 7.09. The van der Waals surface area contributed by atoms with E-state index in [-0.39, 0.29) is 11.3 Å². The van der Waals surface area contributed by atoms with Crippen molar-refractivity contribution in [3.05, 3.63) is 72.0 Å². The van der Waals surface area contributed by atoms with Crippen molar-refractivity contribution in [2.24, 2.45) is 11.0 Å². The smallest absolute Gasteiger partial charge is 0.296 e. The molecule has 0 bridgehead atoms. The first-order valence-electron chi connectivity index (χ1n) is 8.66. The minimum atomic E-state index is -0.483. The molecule has 2 aromatic carbocycles. The highest BCUT2D eigenvalue weighted by Crippen LogP contribution is 2.49. The molecular weight excluding hydrogens is 344 g/mol. The summed E-state index contributed by atoms with van der Waals surface area (Å²) in [5, 5.41) is 4.86. The Morgan fingerprint density at radius 1 is 1.15 bits per heavy atom. The summed E-state index contributed by atoms with van der Waals surface area (Å²) in [4.78, 5) is 11.2. The van der Waals surface area contributed by atoms with Gasteiger partial charge in [-0.1, -0.05) is 68.1 Å². The van der Waals surface area contributed by atoms with Crippen LogP contribution in [0, 0.1) is 5.92 Å². The molecule has 1 aliphatic carbocycles. The van der Waals surface area contributed by atoms with Crippen molar-refractivity contribution in [1.29, 1.82) is 0 Å². The Hall–Kier alpha value is -2.53. The van der Waals surface area contributed by atoms with E-state index in [4.69, 9.17) is 4.42 Å². The molecule has 0 radical (unpaired) electrons. The molecule has 3 aromatic rings. The number of hydrazone groups is 1. The normalized spacial score (nSPS) is 22.8. The molecule has 0 aliphatic heterocycles. The van der Waals surface area contributed by atoms with Gasteiger partial charge in [-0.05, 0) is 36.0 Å². The Bertz CT molecular complexity index is 939. The zero-order valence-electron chi connectivity index (χ0n) is 14.5. The first kappa shape index (κ1) is 16.9. The number of carbonyl (C=O) groups excluding carboxylic acids is 1. The number of furan rings is 1. The lowest BCUT2D eigenvalue weighted by Gasteiger charge is -2.45. The molecule has 4 nitrogen and oxygen atoms in total. The molecule has 1 aromatic heterocycles. The number of para-hydroxylation sites is 1. The van der Waals surface area contributed by atoms with Gasteiger partial charge in [0.25, 0.3) is 5.24 Å². The Morgan fingerprint density at radius 2 is 1.85 bits per heavy atom. The molecule has 0 unspecified atom stereocenters. The van der Waals surface area contributed by atoms with E-state index < -0.39 is 5.24 Å². The van der Waals surface area contributed by atoms with Crippen LogP contribution in [-0.2, 0) is 5.41 Å². The third-order valence-corrected chi connectivity index (χ3v) is 5.30. The van der Waals surface area contributed by atoms with E-state index in [0.717, 1.165) is 29.5 Å². The maximum absolute atomic E-state index is 11.2. The van der Waals surface area contributed by atoms with E-state index in [0.29, 0.717) is 5.76 Å². The summed E-state index contributed by atoms with van der Waals surface area (Å²) in [6.07, 6.45) is 1.91. The standard InChI is InChI=1S/C21H20N2O2S/c1-21(16-8-3-2-4-9-16)12-15(13-21)19(22-23-20(24)26)18-11-14-7-5-6-10-17(14)25-18/h2-11,15H,12-13H2,1H3,(H2,23,24,26)/b22-19+. The van der Waals surface area contributed by atoms with E-state index in [2.05, 4.69) is 54.3 Å². The Balaban J connectivity index is 1.63. The first-order chi connectivity index (χ1) is 12.5. The minimum Gasteiger partial charge on any atom is -0.455 e. The second kappa shape index (κ2) is 6.65. The number of rotatable bonds is 4. The quantitative estimate of drug-likeness (QED) is 0.382. The third kappa shape index (κ3) is 3.15. The van der Waals surface area contributed by atoms with Gasteiger partial charge in [0.15, 0.2) is 5.76 Å². The van der Waals surface area contributed by atoms with Crippen molar-refractivity contribution in [2.45, 2.75) is 25.2 Å². The van der Waals surface area contributed by atoms with Crippen LogP contribution in [0.2, 0.25) is 0 Å². The highest BCUT2D eigenvalue weighted by atomic mass is 32.1. The van der Waals surface area contributed by atoms with E-state index in [1.165, 1.54) is 5.56 Å². The molecule has 1 fully saturated rings. The van der Waals surface area contributed by atoms with Crippen LogP contribution >= 0.6 is 12.6 Å². The number of nitrogens with one attached hydrogen (secondary N) is 1. The number of hydrogen-bond donors (Lipinski definition) is 2. The molecule has 1 heterocycles. The van der Waals surface area contributed by atoms with Gasteiger partial charge in [0, 0.05) is 11.3 Å². The van der Waals surface area contributed by atoms with Gasteiger partial charge in [-0.2, -0.15) is 5.10 Å². The van der Waals surface area contributed by atoms with Gasteiger partial charge in [0.1, 0.15) is 11.3 Å². The van der Waals surface area contributed by atoms with E-state index in [1.807, 2.05) is 36.4 Å². The van der Waals surface area contributed by atoms with E-state index >= 15 is 0 Å². The van der Waals surface area contributed by atoms with Crippen molar-refractivity contribution in [2.75, 3.05) is 0 Å². The lowest BCUT2D eigenvalue weighted by Crippen LogP contribution is -2.43. The molecule has 1 amide bonds. The van der Waals surface area contributed by atoms with Gasteiger partial charge in [-0.25, -0.2) is 5.43 Å². The average molecular weight is 364 g/mol. The van der Waals surface area contributed by atoms with Gasteiger partial charge < -0.3 is 4.42 Å². The molecule has 4 rings (SSSR count). The number of benzene rings is 2. The van der Waals surface area contributed by atoms with Crippen molar-refractivity contribution < 1.29 is 9.21 Å². The predicted molar refractivity (Wildman–Crippen MR) is 107 cm³/mol. The van der Waals surface area contributed by atoms with Crippen molar-refractivity contribution in [3.63, 3.8) is 0 Å². The van der Waals surface area contributed by atoms with Crippen LogP contribution in [0.4, 0.5) is 4.79 Å². The SMILES string of the molecule is CC1(c2ccccc2)CC(/C(=N\NC(=O)S)c2cc3ccccc3o2)C1. The van der Waals surface area contributed by atoms with Crippen molar-refractivity contribution in [1.82, 2.24) is 5.43 Å². The van der Waals surface area contributed by atoms with Gasteiger partial charge in [0.05, 0.1) is 0 Å². The fourth-order valence-corrected chi connectivity index (χ4v) is 3.91. The molecule has 0 atom stereocenters. The maximum atomic E-state index is 11.2. The van der Waals surface area contributed by atoms with Crippen LogP contribution in [0.3, 0.4) is 0 Å². The number of carbonyl (C=O) groups is 1. The molecule has 1 aliphatic rings. The zero-order valence-corrected chi connectivity index (χ0v) is 15.4. The molecule has 132 valence electrons. The van der Waals surface area contributed by atoms with Gasteiger partial charge >= 0.3 is 0 Å². The van der Waals surface area contributed by atoms with Gasteiger partial charge in [-0.3, -0.25) is 4.79 Å². The average Bonchev–Trinajstić information content (AvgIpc) is 3.04. The molecule has 0 saturated heterocycles. The predicted octanol–water partition coefficient (Wildman–Crippen LogP) is 5.14. The van der Waals surface area contributed by atoms with E-state index in [1.54, 1.807) is 0 Å². The van der Waals surface area contributed by atoms with Crippen molar-refractivity contribution >= 4 is 34.5 Å². The van der Waals surface area contributed by atoms with Crippen LogP contribution in [0.5, 0.6) is 0 Å². The maximum Gasteiger partial charge on any atom is 0.296 e. The topological polar surface area (TPSA) is 54.6 Å². The molecule has 1 saturated carbocycles. The van der Waals surface area contributed by atoms with Crippen LogP contribution in [0.1, 0.15) is 31.1 Å². The van der Waals surface area contributed by atoms with Gasteiger partial charge in [-0.15, -0.1) is 0 Å². The number of thiol groups is 1. The molecule has 0 spiro atoms. The lowest BCUT2D eigenvalue weighted by atomic mass is 9.58. The number of fused-ring (bicyclic) bond motifs is 1. The van der Waals surface area contributed by atoms with E-state index in [9.17, 15) is 4.79 Å². The second-order valence-corrected chi connectivity index (χ2v) is 7.50. The number of hydrogen-bond acceptors (Lipinski definition) is 3. The lowest BCUT2D eigenvalue weighted by molar-refractivity contribution is 0.216. The van der Waals surface area contributed by atoms with Crippen molar-refractivity contribution in [3.8, 4) is 0 Å². The third-order valence-electron chi connectivity index (χ3n) is 5.20. The van der Waals surface area contributed by atoms with Gasteiger partial charge in [0.2, 0.25) is 0 Å². The molecule has 26 heavy (non-hydrogen) atoms. The Morgan fingerprint density at radius 3 is 2.54 bits per heavy atom. The largest absolute Gasteiger partial charge is 0.455 e. The fraction of sp³-hybridized carbons (Fsp3) is 0.238. The number of nitrogens with zero attached hydrogens (tertiary/aromatic N) is 1. The van der Waals surface area contributed by atoms with Crippen LogP contribution < -0.4 is 5.43 Å². The molecular formula is C21H20N2O2S. The monoisotopic (exact) mass is 364 g/mol. The summed E-state index contributed by atoms with van der Waals surface area (Å²) >= 11 is 3.75. The summed E-state index contributed by atoms with van der Waals surface area (Å²) in [5.41, 5.74) is 5.50.